The van der Waals surface area contributed by atoms with E-state index in [1.807, 2.05) is 17.5 Å². The summed E-state index contributed by atoms with van der Waals surface area (Å²) in [5, 5.41) is 10.8. The van der Waals surface area contributed by atoms with Crippen molar-refractivity contribution < 1.29 is 4.79 Å². The van der Waals surface area contributed by atoms with E-state index in [0.29, 0.717) is 6.42 Å². The number of ketones is 1. The normalized spacial score (nSPS) is 15.3. The average molecular weight is 400 g/mol. The fourth-order valence-electron chi connectivity index (χ4n) is 3.50. The molecule has 0 aromatic carbocycles. The van der Waals surface area contributed by atoms with Gasteiger partial charge in [0.05, 0.1) is 4.88 Å². The Balaban J connectivity index is 1.41. The van der Waals surface area contributed by atoms with Gasteiger partial charge in [0.1, 0.15) is 0 Å². The number of rotatable bonds is 6. The van der Waals surface area contributed by atoms with Gasteiger partial charge in [-0.1, -0.05) is 11.6 Å². The number of hydrogen-bond acceptors (Lipinski definition) is 5. The zero-order valence-corrected chi connectivity index (χ0v) is 17.0. The molecule has 1 aliphatic heterocycles. The van der Waals surface area contributed by atoms with E-state index in [9.17, 15) is 4.79 Å². The zero-order chi connectivity index (χ0) is 17.8. The van der Waals surface area contributed by atoms with Crippen molar-refractivity contribution in [2.24, 2.45) is 0 Å². The van der Waals surface area contributed by atoms with Gasteiger partial charge in [-0.05, 0) is 74.6 Å². The van der Waals surface area contributed by atoms with Gasteiger partial charge in [0.25, 0.3) is 0 Å². The van der Waals surface area contributed by atoms with E-state index >= 15 is 0 Å². The van der Waals surface area contributed by atoms with Crippen LogP contribution in [-0.4, -0.2) is 30.3 Å². The molecule has 5 heteroatoms. The molecule has 0 bridgehead atoms. The summed E-state index contributed by atoms with van der Waals surface area (Å²) in [5.74, 6) is 0.276. The highest BCUT2D eigenvalue weighted by molar-refractivity contribution is 7.12. The van der Waals surface area contributed by atoms with Gasteiger partial charge in [-0.2, -0.15) is 22.7 Å². The van der Waals surface area contributed by atoms with Crippen molar-refractivity contribution in [2.45, 2.75) is 19.3 Å². The smallest absolute Gasteiger partial charge is 0.174 e. The molecule has 3 aromatic heterocycles. The van der Waals surface area contributed by atoms with Gasteiger partial charge in [-0.3, -0.25) is 4.79 Å². The Morgan fingerprint density at radius 1 is 0.962 bits per heavy atom. The highest BCUT2D eigenvalue weighted by atomic mass is 32.1. The van der Waals surface area contributed by atoms with E-state index < -0.39 is 0 Å². The summed E-state index contributed by atoms with van der Waals surface area (Å²) in [6.45, 7) is 2.96. The van der Waals surface area contributed by atoms with Crippen molar-refractivity contribution in [3.8, 4) is 0 Å². The Morgan fingerprint density at radius 2 is 1.65 bits per heavy atom. The molecule has 134 valence electrons. The number of likely N-dealkylation sites (tertiary alicyclic amines) is 1. The fraction of sp³-hybridized carbons (Fsp3) is 0.286. The molecular weight excluding hydrogens is 378 g/mol. The fourth-order valence-corrected chi connectivity index (χ4v) is 5.49. The maximum atomic E-state index is 12.2. The third-order valence-electron chi connectivity index (χ3n) is 4.88. The first-order valence-electron chi connectivity index (χ1n) is 8.87. The Hall–Kier alpha value is -1.53. The number of thiophene rings is 3. The third-order valence-corrected chi connectivity index (χ3v) is 7.16. The van der Waals surface area contributed by atoms with Crippen LogP contribution in [0.1, 0.15) is 40.1 Å². The van der Waals surface area contributed by atoms with Crippen molar-refractivity contribution in [3.63, 3.8) is 0 Å². The summed E-state index contributed by atoms with van der Waals surface area (Å²) in [5.41, 5.74) is 5.69. The summed E-state index contributed by atoms with van der Waals surface area (Å²) in [6.07, 6.45) is 2.81. The van der Waals surface area contributed by atoms with Crippen LogP contribution < -0.4 is 0 Å². The van der Waals surface area contributed by atoms with Crippen LogP contribution in [-0.2, 0) is 0 Å². The third kappa shape index (κ3) is 4.07. The monoisotopic (exact) mass is 399 g/mol. The number of hydrogen-bond donors (Lipinski definition) is 0. The minimum absolute atomic E-state index is 0.276. The summed E-state index contributed by atoms with van der Waals surface area (Å²) in [7, 11) is 0. The van der Waals surface area contributed by atoms with Crippen LogP contribution in [0.25, 0.3) is 5.57 Å². The largest absolute Gasteiger partial charge is 0.302 e. The van der Waals surface area contributed by atoms with Gasteiger partial charge in [0.15, 0.2) is 5.78 Å². The van der Waals surface area contributed by atoms with E-state index in [4.69, 9.17) is 0 Å². The highest BCUT2D eigenvalue weighted by Crippen LogP contribution is 2.34. The van der Waals surface area contributed by atoms with Crippen LogP contribution in [0.4, 0.5) is 0 Å². The molecule has 1 aliphatic rings. The Kier molecular flexibility index (Phi) is 5.80. The van der Waals surface area contributed by atoms with Crippen LogP contribution in [0.5, 0.6) is 0 Å². The Bertz CT molecular complexity index is 814. The molecule has 0 unspecified atom stereocenters. The summed E-state index contributed by atoms with van der Waals surface area (Å²) in [4.78, 5) is 15.5. The molecule has 0 radical (unpaired) electrons. The van der Waals surface area contributed by atoms with Crippen LogP contribution >= 0.6 is 34.0 Å². The molecule has 1 saturated heterocycles. The molecule has 4 rings (SSSR count). The lowest BCUT2D eigenvalue weighted by Gasteiger charge is -2.29. The van der Waals surface area contributed by atoms with Gasteiger partial charge >= 0.3 is 0 Å². The molecule has 0 aliphatic carbocycles. The molecule has 0 spiro atoms. The Labute approximate surface area is 166 Å². The number of piperidine rings is 1. The van der Waals surface area contributed by atoms with Gasteiger partial charge in [-0.15, -0.1) is 11.3 Å². The molecular formula is C21H21NOS3. The maximum Gasteiger partial charge on any atom is 0.174 e. The predicted molar refractivity (Wildman–Crippen MR) is 114 cm³/mol. The SMILES string of the molecule is O=C(CCN1CCC(=C(c2ccsc2)c2ccsc2)CC1)c1cccs1. The van der Waals surface area contributed by atoms with E-state index in [-0.39, 0.29) is 5.78 Å². The van der Waals surface area contributed by atoms with Gasteiger partial charge in [0.2, 0.25) is 0 Å². The first-order chi connectivity index (χ1) is 12.8. The van der Waals surface area contributed by atoms with Crippen molar-refractivity contribution in [1.29, 1.82) is 0 Å². The highest BCUT2D eigenvalue weighted by Gasteiger charge is 2.20. The lowest BCUT2D eigenvalue weighted by molar-refractivity contribution is 0.0966. The summed E-state index contributed by atoms with van der Waals surface area (Å²) < 4.78 is 0. The lowest BCUT2D eigenvalue weighted by atomic mass is 9.91. The molecule has 0 saturated carbocycles. The number of carbonyl (C=O) groups is 1. The van der Waals surface area contributed by atoms with Gasteiger partial charge in [0, 0.05) is 26.1 Å². The molecule has 0 N–H and O–H groups in total. The minimum Gasteiger partial charge on any atom is -0.302 e. The second-order valence-corrected chi connectivity index (χ2v) is 9.00. The minimum atomic E-state index is 0.276. The second-order valence-electron chi connectivity index (χ2n) is 6.49. The van der Waals surface area contributed by atoms with E-state index in [2.05, 4.69) is 38.6 Å². The van der Waals surface area contributed by atoms with Crippen LogP contribution in [0.2, 0.25) is 0 Å². The van der Waals surface area contributed by atoms with E-state index in [1.165, 1.54) is 16.7 Å². The number of carbonyl (C=O) groups excluding carboxylic acids is 1. The molecule has 1 fully saturated rings. The standard InChI is InChI=1S/C21H21NOS3/c23-19(20-2-1-11-26-20)5-10-22-8-3-16(4-9-22)21(17-6-12-24-14-17)18-7-13-25-15-18/h1-2,6-7,11-15H,3-5,8-10H2. The van der Waals surface area contributed by atoms with Crippen LogP contribution in [0, 0.1) is 0 Å². The first kappa shape index (κ1) is 17.9. The maximum absolute atomic E-state index is 12.2. The van der Waals surface area contributed by atoms with E-state index in [1.54, 1.807) is 39.6 Å². The van der Waals surface area contributed by atoms with Gasteiger partial charge < -0.3 is 4.90 Å². The zero-order valence-electron chi connectivity index (χ0n) is 14.5. The molecule has 26 heavy (non-hydrogen) atoms. The molecule has 4 heterocycles. The number of nitrogens with zero attached hydrogens (tertiary/aromatic N) is 1. The second kappa shape index (κ2) is 8.44. The van der Waals surface area contributed by atoms with Crippen LogP contribution in [0.3, 0.4) is 0 Å². The number of Topliss-reactive ketones (excluding diaryl/α,β-unsaturated/α-hetero) is 1. The van der Waals surface area contributed by atoms with Crippen LogP contribution in [0.15, 0.2) is 56.7 Å². The quantitative estimate of drug-likeness (QED) is 0.471. The molecule has 3 aromatic rings. The summed E-state index contributed by atoms with van der Waals surface area (Å²) >= 11 is 5.07. The average Bonchev–Trinajstić information content (AvgIpc) is 3.44. The van der Waals surface area contributed by atoms with Crippen molar-refractivity contribution in [3.05, 3.63) is 72.7 Å². The topological polar surface area (TPSA) is 20.3 Å². The van der Waals surface area contributed by atoms with E-state index in [0.717, 1.165) is 37.4 Å². The molecule has 0 atom stereocenters. The van der Waals surface area contributed by atoms with Crippen molar-refractivity contribution in [1.82, 2.24) is 4.90 Å². The molecule has 2 nitrogen and oxygen atoms in total. The Morgan fingerprint density at radius 3 is 2.19 bits per heavy atom. The predicted octanol–water partition coefficient (Wildman–Crippen LogP) is 6.04. The van der Waals surface area contributed by atoms with Crippen molar-refractivity contribution >= 4 is 45.4 Å². The van der Waals surface area contributed by atoms with Gasteiger partial charge in [-0.25, -0.2) is 0 Å². The summed E-state index contributed by atoms with van der Waals surface area (Å²) in [6, 6.07) is 8.35. The lowest BCUT2D eigenvalue weighted by Crippen LogP contribution is -2.32. The first-order valence-corrected chi connectivity index (χ1v) is 11.6. The van der Waals surface area contributed by atoms with Crippen molar-refractivity contribution in [2.75, 3.05) is 19.6 Å². The molecule has 0 amide bonds.